The van der Waals surface area contributed by atoms with Gasteiger partial charge in [-0.15, -0.1) is 24.0 Å². The molecule has 24 heavy (non-hydrogen) atoms. The van der Waals surface area contributed by atoms with Crippen molar-refractivity contribution < 1.29 is 0 Å². The number of halogens is 1. The highest BCUT2D eigenvalue weighted by molar-refractivity contribution is 14.0. The lowest BCUT2D eigenvalue weighted by atomic mass is 10.2. The summed E-state index contributed by atoms with van der Waals surface area (Å²) in [5, 5.41) is 12.0. The van der Waals surface area contributed by atoms with Crippen LogP contribution in [0.25, 0.3) is 10.9 Å². The fourth-order valence-corrected chi connectivity index (χ4v) is 2.47. The van der Waals surface area contributed by atoms with Gasteiger partial charge in [0.05, 0.1) is 18.8 Å². The Labute approximate surface area is 158 Å². The molecule has 0 aliphatic carbocycles. The largest absolute Gasteiger partial charge is 0.357 e. The number of aromatic nitrogens is 3. The van der Waals surface area contributed by atoms with E-state index < -0.39 is 0 Å². The van der Waals surface area contributed by atoms with Crippen molar-refractivity contribution in [2.24, 2.45) is 12.0 Å². The maximum Gasteiger partial charge on any atom is 0.191 e. The molecule has 0 spiro atoms. The molecule has 0 radical (unpaired) electrons. The minimum Gasteiger partial charge on any atom is -0.357 e. The number of H-pyrrole nitrogens is 1. The van der Waals surface area contributed by atoms with Gasteiger partial charge in [0.25, 0.3) is 0 Å². The van der Waals surface area contributed by atoms with E-state index >= 15 is 0 Å². The van der Waals surface area contributed by atoms with Gasteiger partial charge < -0.3 is 15.6 Å². The number of hydrogen-bond acceptors (Lipinski definition) is 2. The Hall–Kier alpha value is -2.03. The number of para-hydroxylation sites is 1. The molecule has 0 amide bonds. The average molecular weight is 438 g/mol. The minimum absolute atomic E-state index is 0. The van der Waals surface area contributed by atoms with Gasteiger partial charge in [0.15, 0.2) is 5.96 Å². The Morgan fingerprint density at radius 3 is 2.79 bits per heavy atom. The molecule has 7 heteroatoms. The predicted octanol–water partition coefficient (Wildman–Crippen LogP) is 2.77. The van der Waals surface area contributed by atoms with Crippen molar-refractivity contribution in [3.05, 3.63) is 54.0 Å². The zero-order valence-corrected chi connectivity index (χ0v) is 16.2. The number of aromatic amines is 1. The number of aliphatic imine (C=N–C) groups is 1. The SMILES string of the molecule is CCNC(=NCc1cc2ccccc2[nH]1)NCc1ccnn1C.I. The molecule has 2 aromatic heterocycles. The molecule has 6 nitrogen and oxygen atoms in total. The lowest BCUT2D eigenvalue weighted by molar-refractivity contribution is 0.684. The molecule has 0 fully saturated rings. The Morgan fingerprint density at radius 2 is 2.08 bits per heavy atom. The highest BCUT2D eigenvalue weighted by atomic mass is 127. The molecule has 0 aliphatic rings. The van der Waals surface area contributed by atoms with Gasteiger partial charge in [0.1, 0.15) is 0 Å². The van der Waals surface area contributed by atoms with Crippen LogP contribution in [0.2, 0.25) is 0 Å². The number of nitrogens with zero attached hydrogens (tertiary/aromatic N) is 3. The molecule has 0 aliphatic heterocycles. The van der Waals surface area contributed by atoms with Crippen LogP contribution < -0.4 is 10.6 Å². The van der Waals surface area contributed by atoms with Gasteiger partial charge in [0.2, 0.25) is 0 Å². The number of aryl methyl sites for hydroxylation is 1. The highest BCUT2D eigenvalue weighted by Gasteiger charge is 2.03. The van der Waals surface area contributed by atoms with E-state index in [-0.39, 0.29) is 24.0 Å². The smallest absolute Gasteiger partial charge is 0.191 e. The lowest BCUT2D eigenvalue weighted by Gasteiger charge is -2.11. The van der Waals surface area contributed by atoms with E-state index in [0.29, 0.717) is 13.1 Å². The number of guanidine groups is 1. The lowest BCUT2D eigenvalue weighted by Crippen LogP contribution is -2.37. The van der Waals surface area contributed by atoms with Crippen molar-refractivity contribution in [1.29, 1.82) is 0 Å². The van der Waals surface area contributed by atoms with Crippen LogP contribution in [0, 0.1) is 0 Å². The van der Waals surface area contributed by atoms with Crippen LogP contribution in [0.3, 0.4) is 0 Å². The topological polar surface area (TPSA) is 70.0 Å². The van der Waals surface area contributed by atoms with Crippen molar-refractivity contribution in [3.63, 3.8) is 0 Å². The molecule has 0 saturated heterocycles. The molecule has 1 aromatic carbocycles. The fraction of sp³-hybridized carbons (Fsp3) is 0.294. The van der Waals surface area contributed by atoms with Gasteiger partial charge in [-0.25, -0.2) is 4.99 Å². The van der Waals surface area contributed by atoms with Gasteiger partial charge in [-0.1, -0.05) is 18.2 Å². The first-order valence-corrected chi connectivity index (χ1v) is 7.82. The third kappa shape index (κ3) is 4.50. The van der Waals surface area contributed by atoms with Crippen molar-refractivity contribution in [3.8, 4) is 0 Å². The molecule has 2 heterocycles. The van der Waals surface area contributed by atoms with Gasteiger partial charge in [-0.05, 0) is 30.5 Å². The van der Waals surface area contributed by atoms with Crippen LogP contribution in [0.1, 0.15) is 18.3 Å². The maximum absolute atomic E-state index is 4.64. The van der Waals surface area contributed by atoms with Crippen molar-refractivity contribution in [2.45, 2.75) is 20.0 Å². The van der Waals surface area contributed by atoms with Gasteiger partial charge in [0, 0.05) is 31.0 Å². The first-order chi connectivity index (χ1) is 11.3. The first kappa shape index (κ1) is 18.3. The standard InChI is InChI=1S/C17H22N6.HI/c1-3-18-17(20-12-15-8-9-21-23(15)2)19-11-14-10-13-6-4-5-7-16(13)22-14;/h4-10,22H,3,11-12H2,1-2H3,(H2,18,19,20);1H. The summed E-state index contributed by atoms with van der Waals surface area (Å²) in [4.78, 5) is 8.04. The molecule has 0 saturated carbocycles. The van der Waals surface area contributed by atoms with E-state index in [2.05, 4.69) is 50.8 Å². The van der Waals surface area contributed by atoms with Gasteiger partial charge in [-0.3, -0.25) is 4.68 Å². The molecular weight excluding hydrogens is 415 g/mol. The molecule has 128 valence electrons. The summed E-state index contributed by atoms with van der Waals surface area (Å²) in [5.41, 5.74) is 3.36. The average Bonchev–Trinajstić information content (AvgIpc) is 3.15. The van der Waals surface area contributed by atoms with Crippen LogP contribution in [0.15, 0.2) is 47.6 Å². The molecule has 3 rings (SSSR count). The van der Waals surface area contributed by atoms with Crippen LogP contribution >= 0.6 is 24.0 Å². The van der Waals surface area contributed by atoms with Crippen LogP contribution in [-0.2, 0) is 20.1 Å². The molecular formula is C17H23IN6. The van der Waals surface area contributed by atoms with E-state index in [1.54, 1.807) is 6.20 Å². The van der Waals surface area contributed by atoms with E-state index in [0.717, 1.165) is 29.4 Å². The molecule has 0 bridgehead atoms. The number of benzene rings is 1. The van der Waals surface area contributed by atoms with E-state index in [4.69, 9.17) is 0 Å². The summed E-state index contributed by atoms with van der Waals surface area (Å²) in [7, 11) is 1.94. The molecule has 3 N–H and O–H groups in total. The van der Waals surface area contributed by atoms with Gasteiger partial charge in [-0.2, -0.15) is 5.10 Å². The van der Waals surface area contributed by atoms with Crippen molar-refractivity contribution >= 4 is 40.8 Å². The summed E-state index contributed by atoms with van der Waals surface area (Å²) < 4.78 is 1.86. The summed E-state index contributed by atoms with van der Waals surface area (Å²) in [6.45, 7) is 4.18. The minimum atomic E-state index is 0. The van der Waals surface area contributed by atoms with Crippen LogP contribution in [-0.4, -0.2) is 27.3 Å². The zero-order valence-electron chi connectivity index (χ0n) is 13.9. The second-order valence-corrected chi connectivity index (χ2v) is 5.38. The van der Waals surface area contributed by atoms with Crippen LogP contribution in [0.4, 0.5) is 0 Å². The number of nitrogens with one attached hydrogen (secondary N) is 3. The predicted molar refractivity (Wildman–Crippen MR) is 109 cm³/mol. The maximum atomic E-state index is 4.64. The van der Waals surface area contributed by atoms with Crippen molar-refractivity contribution in [2.75, 3.05) is 6.54 Å². The van der Waals surface area contributed by atoms with Crippen molar-refractivity contribution in [1.82, 2.24) is 25.4 Å². The second-order valence-electron chi connectivity index (χ2n) is 5.38. The summed E-state index contributed by atoms with van der Waals surface area (Å²) in [6, 6.07) is 12.4. The Bertz CT molecular complexity index is 771. The van der Waals surface area contributed by atoms with Crippen LogP contribution in [0.5, 0.6) is 0 Å². The highest BCUT2D eigenvalue weighted by Crippen LogP contribution is 2.15. The van der Waals surface area contributed by atoms with Gasteiger partial charge >= 0.3 is 0 Å². The second kappa shape index (κ2) is 8.72. The van der Waals surface area contributed by atoms with E-state index in [1.165, 1.54) is 5.39 Å². The number of rotatable bonds is 5. The molecule has 0 unspecified atom stereocenters. The Morgan fingerprint density at radius 1 is 1.25 bits per heavy atom. The summed E-state index contributed by atoms with van der Waals surface area (Å²) in [6.07, 6.45) is 1.80. The zero-order chi connectivity index (χ0) is 16.1. The molecule has 3 aromatic rings. The first-order valence-electron chi connectivity index (χ1n) is 7.82. The Kier molecular flexibility index (Phi) is 6.65. The summed E-state index contributed by atoms with van der Waals surface area (Å²) in [5.74, 6) is 0.798. The van der Waals surface area contributed by atoms with E-state index in [1.807, 2.05) is 29.9 Å². The third-order valence-electron chi connectivity index (χ3n) is 3.70. The number of hydrogen-bond donors (Lipinski definition) is 3. The van der Waals surface area contributed by atoms with E-state index in [9.17, 15) is 0 Å². The Balaban J connectivity index is 0.00000208. The monoisotopic (exact) mass is 438 g/mol. The molecule has 0 atom stereocenters. The number of fused-ring (bicyclic) bond motifs is 1. The normalized spacial score (nSPS) is 11.3. The third-order valence-corrected chi connectivity index (χ3v) is 3.70. The quantitative estimate of drug-likeness (QED) is 0.326. The fourth-order valence-electron chi connectivity index (χ4n) is 2.47. The summed E-state index contributed by atoms with van der Waals surface area (Å²) >= 11 is 0.